The molecule has 2 rings (SSSR count). The Morgan fingerprint density at radius 1 is 1.08 bits per heavy atom. The zero-order valence-electron chi connectivity index (χ0n) is 15.2. The standard InChI is InChI=1S/C19H24N2O3S2/c1-4-5-14(2)20-19(22)15-6-8-16(9-7-15)21-26(23,24)18-12-10-17(25-3)11-13-18/h6-14,21H,4-5H2,1-3H3,(H,20,22). The number of thioether (sulfide) groups is 1. The molecule has 0 spiro atoms. The molecule has 1 unspecified atom stereocenters. The monoisotopic (exact) mass is 392 g/mol. The van der Waals surface area contributed by atoms with Crippen LogP contribution in [0.4, 0.5) is 5.69 Å². The molecule has 2 N–H and O–H groups in total. The molecule has 0 saturated carbocycles. The van der Waals surface area contributed by atoms with Crippen molar-refractivity contribution in [3.05, 3.63) is 54.1 Å². The number of rotatable bonds is 8. The van der Waals surface area contributed by atoms with Gasteiger partial charge in [0.05, 0.1) is 4.90 Å². The molecule has 0 aromatic heterocycles. The summed E-state index contributed by atoms with van der Waals surface area (Å²) in [6.45, 7) is 4.03. The van der Waals surface area contributed by atoms with E-state index in [4.69, 9.17) is 0 Å². The molecule has 5 nitrogen and oxygen atoms in total. The van der Waals surface area contributed by atoms with E-state index in [1.807, 2.05) is 13.2 Å². The fourth-order valence-electron chi connectivity index (χ4n) is 2.47. The van der Waals surface area contributed by atoms with Gasteiger partial charge >= 0.3 is 0 Å². The van der Waals surface area contributed by atoms with Gasteiger partial charge in [0.2, 0.25) is 0 Å². The van der Waals surface area contributed by atoms with Gasteiger partial charge in [-0.1, -0.05) is 13.3 Å². The largest absolute Gasteiger partial charge is 0.350 e. The number of sulfonamides is 1. The molecule has 0 heterocycles. The molecule has 1 atom stereocenters. The summed E-state index contributed by atoms with van der Waals surface area (Å²) in [7, 11) is -3.66. The summed E-state index contributed by atoms with van der Waals surface area (Å²) in [6.07, 6.45) is 3.85. The highest BCUT2D eigenvalue weighted by Gasteiger charge is 2.15. The van der Waals surface area contributed by atoms with Crippen molar-refractivity contribution in [2.24, 2.45) is 0 Å². The van der Waals surface area contributed by atoms with Crippen LogP contribution < -0.4 is 10.0 Å². The Hall–Kier alpha value is -1.99. The maximum Gasteiger partial charge on any atom is 0.261 e. The summed E-state index contributed by atoms with van der Waals surface area (Å²) in [6, 6.07) is 13.2. The molecule has 0 bridgehead atoms. The van der Waals surface area contributed by atoms with Crippen LogP contribution in [0.15, 0.2) is 58.3 Å². The number of amides is 1. The lowest BCUT2D eigenvalue weighted by atomic mass is 10.1. The predicted octanol–water partition coefficient (Wildman–Crippen LogP) is 4.13. The maximum atomic E-state index is 12.4. The highest BCUT2D eigenvalue weighted by atomic mass is 32.2. The van der Waals surface area contributed by atoms with Crippen molar-refractivity contribution in [3.63, 3.8) is 0 Å². The van der Waals surface area contributed by atoms with E-state index in [0.717, 1.165) is 17.7 Å². The Kier molecular flexibility index (Phi) is 7.11. The molecule has 2 aromatic rings. The molecule has 0 saturated heterocycles. The van der Waals surface area contributed by atoms with Crippen LogP contribution in [0.2, 0.25) is 0 Å². The number of nitrogens with one attached hydrogen (secondary N) is 2. The zero-order chi connectivity index (χ0) is 19.2. The van der Waals surface area contributed by atoms with Gasteiger partial charge in [-0.15, -0.1) is 11.8 Å². The van der Waals surface area contributed by atoms with Crippen LogP contribution in [0.25, 0.3) is 0 Å². The first-order valence-electron chi connectivity index (χ1n) is 8.43. The lowest BCUT2D eigenvalue weighted by molar-refractivity contribution is 0.0938. The third-order valence-electron chi connectivity index (χ3n) is 3.87. The van der Waals surface area contributed by atoms with E-state index < -0.39 is 10.0 Å². The molecule has 0 aliphatic rings. The van der Waals surface area contributed by atoms with Crippen molar-refractivity contribution in [1.29, 1.82) is 0 Å². The zero-order valence-corrected chi connectivity index (χ0v) is 16.8. The lowest BCUT2D eigenvalue weighted by Gasteiger charge is -2.13. The third-order valence-corrected chi connectivity index (χ3v) is 6.01. The van der Waals surface area contributed by atoms with Crippen LogP contribution in [-0.2, 0) is 10.0 Å². The fraction of sp³-hybridized carbons (Fsp3) is 0.316. The van der Waals surface area contributed by atoms with E-state index in [9.17, 15) is 13.2 Å². The number of carbonyl (C=O) groups excluding carboxylic acids is 1. The number of carbonyl (C=O) groups is 1. The summed E-state index contributed by atoms with van der Waals surface area (Å²) >= 11 is 1.55. The van der Waals surface area contributed by atoms with Crippen molar-refractivity contribution in [1.82, 2.24) is 5.32 Å². The SMILES string of the molecule is CCCC(C)NC(=O)c1ccc(NS(=O)(=O)c2ccc(SC)cc2)cc1. The summed E-state index contributed by atoms with van der Waals surface area (Å²) in [5.41, 5.74) is 0.914. The molecule has 1 amide bonds. The Morgan fingerprint density at radius 2 is 1.69 bits per heavy atom. The Labute approximate surface area is 159 Å². The number of hydrogen-bond donors (Lipinski definition) is 2. The average Bonchev–Trinajstić information content (AvgIpc) is 2.62. The van der Waals surface area contributed by atoms with Gasteiger partial charge in [-0.05, 0) is 68.1 Å². The molecule has 0 fully saturated rings. The van der Waals surface area contributed by atoms with Gasteiger partial charge in [0.15, 0.2) is 0 Å². The summed E-state index contributed by atoms with van der Waals surface area (Å²) in [5.74, 6) is -0.159. The van der Waals surface area contributed by atoms with Crippen LogP contribution in [0.1, 0.15) is 37.0 Å². The molecule has 2 aromatic carbocycles. The first-order chi connectivity index (χ1) is 12.4. The number of hydrogen-bond acceptors (Lipinski definition) is 4. The van der Waals surface area contributed by atoms with Gasteiger partial charge in [-0.25, -0.2) is 8.42 Å². The van der Waals surface area contributed by atoms with E-state index in [1.54, 1.807) is 60.3 Å². The summed E-state index contributed by atoms with van der Waals surface area (Å²) in [4.78, 5) is 13.4. The predicted molar refractivity (Wildman–Crippen MR) is 107 cm³/mol. The minimum atomic E-state index is -3.66. The normalized spacial score (nSPS) is 12.4. The molecular weight excluding hydrogens is 368 g/mol. The van der Waals surface area contributed by atoms with Crippen LogP contribution in [0, 0.1) is 0 Å². The average molecular weight is 393 g/mol. The van der Waals surface area contributed by atoms with Crippen LogP contribution in [0.5, 0.6) is 0 Å². The van der Waals surface area contributed by atoms with Crippen molar-refractivity contribution in [3.8, 4) is 0 Å². The van der Waals surface area contributed by atoms with Crippen LogP contribution >= 0.6 is 11.8 Å². The van der Waals surface area contributed by atoms with Gasteiger partial charge < -0.3 is 5.32 Å². The molecule has 0 radical (unpaired) electrons. The molecule has 7 heteroatoms. The number of benzene rings is 2. The van der Waals surface area contributed by atoms with Crippen molar-refractivity contribution < 1.29 is 13.2 Å². The third kappa shape index (κ3) is 5.51. The van der Waals surface area contributed by atoms with Gasteiger partial charge in [0.25, 0.3) is 15.9 Å². The highest BCUT2D eigenvalue weighted by Crippen LogP contribution is 2.20. The minimum Gasteiger partial charge on any atom is -0.350 e. The van der Waals surface area contributed by atoms with E-state index in [2.05, 4.69) is 17.0 Å². The van der Waals surface area contributed by atoms with E-state index in [0.29, 0.717) is 11.3 Å². The Morgan fingerprint density at radius 3 is 2.23 bits per heavy atom. The van der Waals surface area contributed by atoms with Crippen molar-refractivity contribution in [2.75, 3.05) is 11.0 Å². The van der Waals surface area contributed by atoms with E-state index in [-0.39, 0.29) is 16.8 Å². The topological polar surface area (TPSA) is 75.3 Å². The fourth-order valence-corrected chi connectivity index (χ4v) is 3.94. The minimum absolute atomic E-state index is 0.106. The second-order valence-corrected chi connectivity index (χ2v) is 8.58. The lowest BCUT2D eigenvalue weighted by Crippen LogP contribution is -2.32. The van der Waals surface area contributed by atoms with Crippen LogP contribution in [-0.4, -0.2) is 26.6 Å². The van der Waals surface area contributed by atoms with Gasteiger partial charge in [0.1, 0.15) is 0 Å². The quantitative estimate of drug-likeness (QED) is 0.663. The second-order valence-electron chi connectivity index (χ2n) is 6.02. The maximum absolute atomic E-state index is 12.4. The smallest absolute Gasteiger partial charge is 0.261 e. The second kappa shape index (κ2) is 9.09. The van der Waals surface area contributed by atoms with Crippen molar-refractivity contribution in [2.45, 2.75) is 42.5 Å². The molecule has 26 heavy (non-hydrogen) atoms. The molecular formula is C19H24N2O3S2. The molecule has 0 aliphatic carbocycles. The van der Waals surface area contributed by atoms with Crippen LogP contribution in [0.3, 0.4) is 0 Å². The van der Waals surface area contributed by atoms with E-state index in [1.165, 1.54) is 0 Å². The van der Waals surface area contributed by atoms with Crippen molar-refractivity contribution >= 4 is 33.4 Å². The van der Waals surface area contributed by atoms with Gasteiger partial charge in [0, 0.05) is 22.2 Å². The Bertz CT molecular complexity index is 832. The summed E-state index contributed by atoms with van der Waals surface area (Å²) in [5, 5.41) is 2.92. The summed E-state index contributed by atoms with van der Waals surface area (Å²) < 4.78 is 27.4. The van der Waals surface area contributed by atoms with Gasteiger partial charge in [-0.2, -0.15) is 0 Å². The van der Waals surface area contributed by atoms with Gasteiger partial charge in [-0.3, -0.25) is 9.52 Å². The molecule has 0 aliphatic heterocycles. The first kappa shape index (κ1) is 20.3. The number of anilines is 1. The highest BCUT2D eigenvalue weighted by molar-refractivity contribution is 7.98. The first-order valence-corrected chi connectivity index (χ1v) is 11.1. The Balaban J connectivity index is 2.06. The van der Waals surface area contributed by atoms with E-state index >= 15 is 0 Å². The molecule has 140 valence electrons.